The zero-order chi connectivity index (χ0) is 14.5. The standard InChI is InChI=1S/C15H23N3O2/c1-12(13-6-5-8-14(10-13)18(19)20)16-11-15-7-3-4-9-17(15)2/h5-6,8,10,12,15-16H,3-4,7,9,11H2,1-2H3. The van der Waals surface area contributed by atoms with Gasteiger partial charge in [0, 0.05) is 30.8 Å². The van der Waals surface area contributed by atoms with Crippen LogP contribution < -0.4 is 5.32 Å². The van der Waals surface area contributed by atoms with Crippen molar-refractivity contribution in [2.24, 2.45) is 0 Å². The van der Waals surface area contributed by atoms with Crippen LogP contribution in [0, 0.1) is 10.1 Å². The third-order valence-electron chi connectivity index (χ3n) is 4.16. The molecule has 1 aliphatic rings. The van der Waals surface area contributed by atoms with Crippen molar-refractivity contribution in [2.45, 2.75) is 38.3 Å². The van der Waals surface area contributed by atoms with Crippen LogP contribution in [0.15, 0.2) is 24.3 Å². The van der Waals surface area contributed by atoms with E-state index in [1.54, 1.807) is 12.1 Å². The van der Waals surface area contributed by atoms with E-state index in [1.807, 2.05) is 6.07 Å². The molecule has 0 amide bonds. The molecule has 1 aromatic rings. The molecule has 0 aromatic heterocycles. The predicted molar refractivity (Wildman–Crippen MR) is 79.8 cm³/mol. The number of nitro benzene ring substituents is 1. The van der Waals surface area contributed by atoms with E-state index in [9.17, 15) is 10.1 Å². The monoisotopic (exact) mass is 277 g/mol. The molecule has 1 N–H and O–H groups in total. The first-order valence-corrected chi connectivity index (χ1v) is 7.26. The van der Waals surface area contributed by atoms with Crippen LogP contribution in [0.3, 0.4) is 0 Å². The molecule has 1 fully saturated rings. The number of nitro groups is 1. The fourth-order valence-corrected chi connectivity index (χ4v) is 2.74. The van der Waals surface area contributed by atoms with Gasteiger partial charge in [0.05, 0.1) is 4.92 Å². The highest BCUT2D eigenvalue weighted by Gasteiger charge is 2.19. The molecule has 1 aliphatic heterocycles. The lowest BCUT2D eigenvalue weighted by atomic mass is 10.0. The highest BCUT2D eigenvalue weighted by molar-refractivity contribution is 5.35. The van der Waals surface area contributed by atoms with Crippen LogP contribution in [0.25, 0.3) is 0 Å². The Morgan fingerprint density at radius 2 is 2.30 bits per heavy atom. The lowest BCUT2D eigenvalue weighted by molar-refractivity contribution is -0.384. The van der Waals surface area contributed by atoms with Crippen LogP contribution in [0.5, 0.6) is 0 Å². The van der Waals surface area contributed by atoms with Crippen molar-refractivity contribution >= 4 is 5.69 Å². The van der Waals surface area contributed by atoms with E-state index < -0.39 is 0 Å². The van der Waals surface area contributed by atoms with Crippen LogP contribution in [0.2, 0.25) is 0 Å². The first-order chi connectivity index (χ1) is 9.58. The second-order valence-corrected chi connectivity index (χ2v) is 5.61. The number of nitrogens with one attached hydrogen (secondary N) is 1. The highest BCUT2D eigenvalue weighted by Crippen LogP contribution is 2.20. The number of nitrogens with zero attached hydrogens (tertiary/aromatic N) is 2. The summed E-state index contributed by atoms with van der Waals surface area (Å²) in [5.41, 5.74) is 1.13. The minimum Gasteiger partial charge on any atom is -0.309 e. The minimum atomic E-state index is -0.342. The molecule has 1 heterocycles. The molecule has 0 bridgehead atoms. The van der Waals surface area contributed by atoms with Gasteiger partial charge in [0.25, 0.3) is 5.69 Å². The van der Waals surface area contributed by atoms with Gasteiger partial charge in [0.1, 0.15) is 0 Å². The summed E-state index contributed by atoms with van der Waals surface area (Å²) in [6.45, 7) is 4.15. The number of hydrogen-bond acceptors (Lipinski definition) is 4. The second-order valence-electron chi connectivity index (χ2n) is 5.61. The summed E-state index contributed by atoms with van der Waals surface area (Å²) in [7, 11) is 2.17. The van der Waals surface area contributed by atoms with Gasteiger partial charge in [-0.05, 0) is 38.9 Å². The van der Waals surface area contributed by atoms with E-state index in [1.165, 1.54) is 25.3 Å². The largest absolute Gasteiger partial charge is 0.309 e. The maximum Gasteiger partial charge on any atom is 0.269 e. The molecule has 0 radical (unpaired) electrons. The minimum absolute atomic E-state index is 0.130. The van der Waals surface area contributed by atoms with Gasteiger partial charge in [-0.3, -0.25) is 10.1 Å². The first kappa shape index (κ1) is 14.9. The summed E-state index contributed by atoms with van der Waals surface area (Å²) in [5.74, 6) is 0. The van der Waals surface area contributed by atoms with Gasteiger partial charge >= 0.3 is 0 Å². The molecule has 0 aliphatic carbocycles. The van der Waals surface area contributed by atoms with E-state index in [4.69, 9.17) is 0 Å². The zero-order valence-corrected chi connectivity index (χ0v) is 12.2. The van der Waals surface area contributed by atoms with Gasteiger partial charge in [-0.2, -0.15) is 0 Å². The lowest BCUT2D eigenvalue weighted by Gasteiger charge is -2.33. The first-order valence-electron chi connectivity index (χ1n) is 7.26. The SMILES string of the molecule is CC(NCC1CCCCN1C)c1cccc([N+](=O)[O-])c1. The van der Waals surface area contributed by atoms with Crippen molar-refractivity contribution in [3.8, 4) is 0 Å². The van der Waals surface area contributed by atoms with Crippen molar-refractivity contribution < 1.29 is 4.92 Å². The Morgan fingerprint density at radius 3 is 3.00 bits per heavy atom. The summed E-state index contributed by atoms with van der Waals surface area (Å²) < 4.78 is 0. The highest BCUT2D eigenvalue weighted by atomic mass is 16.6. The van der Waals surface area contributed by atoms with Gasteiger partial charge in [0.2, 0.25) is 0 Å². The van der Waals surface area contributed by atoms with E-state index in [-0.39, 0.29) is 16.7 Å². The average molecular weight is 277 g/mol. The Hall–Kier alpha value is -1.46. The Kier molecular flexibility index (Phi) is 5.09. The number of non-ortho nitro benzene ring substituents is 1. The molecule has 0 spiro atoms. The van der Waals surface area contributed by atoms with E-state index in [0.29, 0.717) is 6.04 Å². The zero-order valence-electron chi connectivity index (χ0n) is 12.2. The van der Waals surface area contributed by atoms with Gasteiger partial charge in [-0.1, -0.05) is 18.6 Å². The quantitative estimate of drug-likeness (QED) is 0.664. The molecule has 5 nitrogen and oxygen atoms in total. The molecule has 1 aromatic carbocycles. The van der Waals surface area contributed by atoms with Gasteiger partial charge < -0.3 is 10.2 Å². The van der Waals surface area contributed by atoms with Crippen molar-refractivity contribution in [3.63, 3.8) is 0 Å². The Balaban J connectivity index is 1.92. The lowest BCUT2D eigenvalue weighted by Crippen LogP contribution is -2.43. The van der Waals surface area contributed by atoms with Gasteiger partial charge in [0.15, 0.2) is 0 Å². The third kappa shape index (κ3) is 3.77. The topological polar surface area (TPSA) is 58.4 Å². The Bertz CT molecular complexity index is 464. The molecular weight excluding hydrogens is 254 g/mol. The van der Waals surface area contributed by atoms with Gasteiger partial charge in [-0.15, -0.1) is 0 Å². The normalized spacial score (nSPS) is 21.6. The van der Waals surface area contributed by atoms with Gasteiger partial charge in [-0.25, -0.2) is 0 Å². The molecular formula is C15H23N3O2. The summed E-state index contributed by atoms with van der Waals surface area (Å²) in [5, 5.41) is 14.3. The number of benzene rings is 1. The number of likely N-dealkylation sites (N-methyl/N-ethyl adjacent to an activating group) is 1. The van der Waals surface area contributed by atoms with Crippen LogP contribution in [-0.4, -0.2) is 36.0 Å². The molecule has 2 atom stereocenters. The van der Waals surface area contributed by atoms with Crippen molar-refractivity contribution in [1.82, 2.24) is 10.2 Å². The molecule has 0 saturated carbocycles. The maximum absolute atomic E-state index is 10.8. The summed E-state index contributed by atoms with van der Waals surface area (Å²) in [6, 6.07) is 7.58. The number of likely N-dealkylation sites (tertiary alicyclic amines) is 1. The smallest absolute Gasteiger partial charge is 0.269 e. The van der Waals surface area contributed by atoms with Crippen LogP contribution in [0.1, 0.15) is 37.8 Å². The second kappa shape index (κ2) is 6.81. The molecule has 5 heteroatoms. The van der Waals surface area contributed by atoms with Crippen molar-refractivity contribution in [2.75, 3.05) is 20.1 Å². The fourth-order valence-electron chi connectivity index (χ4n) is 2.74. The van der Waals surface area contributed by atoms with Crippen LogP contribution in [0.4, 0.5) is 5.69 Å². The van der Waals surface area contributed by atoms with Crippen molar-refractivity contribution in [3.05, 3.63) is 39.9 Å². The average Bonchev–Trinajstić information content (AvgIpc) is 2.46. The van der Waals surface area contributed by atoms with Crippen LogP contribution >= 0.6 is 0 Å². The predicted octanol–water partition coefficient (Wildman–Crippen LogP) is 2.73. The van der Waals surface area contributed by atoms with Crippen LogP contribution in [-0.2, 0) is 0 Å². The number of hydrogen-bond donors (Lipinski definition) is 1. The molecule has 1 saturated heterocycles. The van der Waals surface area contributed by atoms with E-state index in [2.05, 4.69) is 24.2 Å². The molecule has 2 rings (SSSR count). The summed E-state index contributed by atoms with van der Waals surface area (Å²) >= 11 is 0. The van der Waals surface area contributed by atoms with E-state index >= 15 is 0 Å². The summed E-state index contributed by atoms with van der Waals surface area (Å²) in [6.07, 6.45) is 3.81. The molecule has 110 valence electrons. The Labute approximate surface area is 120 Å². The third-order valence-corrected chi connectivity index (χ3v) is 4.16. The number of piperidine rings is 1. The maximum atomic E-state index is 10.8. The fraction of sp³-hybridized carbons (Fsp3) is 0.600. The van der Waals surface area contributed by atoms with Crippen molar-refractivity contribution in [1.29, 1.82) is 0 Å². The number of rotatable bonds is 5. The van der Waals surface area contributed by atoms with E-state index in [0.717, 1.165) is 18.7 Å². The molecule has 2 unspecified atom stereocenters. The Morgan fingerprint density at radius 1 is 1.50 bits per heavy atom. The molecule has 20 heavy (non-hydrogen) atoms. The summed E-state index contributed by atoms with van der Waals surface area (Å²) in [4.78, 5) is 12.9.